The van der Waals surface area contributed by atoms with Crippen molar-refractivity contribution in [2.24, 2.45) is 5.92 Å². The topological polar surface area (TPSA) is 86.6 Å². The first kappa shape index (κ1) is 20.6. The minimum absolute atomic E-state index is 0.00641. The number of aryl methyl sites for hydroxylation is 1. The van der Waals surface area contributed by atoms with Crippen LogP contribution in [0.1, 0.15) is 49.2 Å². The highest BCUT2D eigenvalue weighted by atomic mass is 16.5. The number of rotatable bonds is 5. The molecular weight excluding hydrogens is 408 g/mol. The quantitative estimate of drug-likeness (QED) is 0.569. The third kappa shape index (κ3) is 3.64. The molecule has 0 bridgehead atoms. The molecule has 0 N–H and O–H groups in total. The predicted molar refractivity (Wildman–Crippen MR) is 118 cm³/mol. The van der Waals surface area contributed by atoms with Crippen molar-refractivity contribution in [2.75, 3.05) is 18.6 Å². The lowest BCUT2D eigenvalue weighted by atomic mass is 9.87. The molecule has 5 rings (SSSR count). The number of fused-ring (bicyclic) bond motifs is 1. The number of ether oxygens (including phenoxy) is 2. The highest BCUT2D eigenvalue weighted by Crippen LogP contribution is 2.41. The Bertz CT molecular complexity index is 1170. The van der Waals surface area contributed by atoms with Crippen LogP contribution >= 0.6 is 0 Å². The summed E-state index contributed by atoms with van der Waals surface area (Å²) < 4.78 is 13.5. The molecule has 8 heteroatoms. The first-order valence-electron chi connectivity index (χ1n) is 11.0. The summed E-state index contributed by atoms with van der Waals surface area (Å²) in [5.41, 5.74) is 3.20. The lowest BCUT2D eigenvalue weighted by Crippen LogP contribution is -2.28. The van der Waals surface area contributed by atoms with Gasteiger partial charge < -0.3 is 14.3 Å². The van der Waals surface area contributed by atoms with E-state index < -0.39 is 6.23 Å². The molecule has 2 aromatic heterocycles. The van der Waals surface area contributed by atoms with E-state index >= 15 is 0 Å². The van der Waals surface area contributed by atoms with Gasteiger partial charge in [-0.3, -0.25) is 19.4 Å². The van der Waals surface area contributed by atoms with Gasteiger partial charge in [-0.25, -0.2) is 0 Å². The summed E-state index contributed by atoms with van der Waals surface area (Å²) in [7, 11) is 1.59. The van der Waals surface area contributed by atoms with Gasteiger partial charge in [-0.15, -0.1) is 0 Å². The molecular formula is C24H26N4O4. The first-order chi connectivity index (χ1) is 15.6. The van der Waals surface area contributed by atoms with Crippen molar-refractivity contribution in [2.45, 2.75) is 44.9 Å². The Morgan fingerprint density at radius 3 is 2.72 bits per heavy atom. The monoisotopic (exact) mass is 434 g/mol. The molecule has 8 nitrogen and oxygen atoms in total. The van der Waals surface area contributed by atoms with Crippen LogP contribution in [0.2, 0.25) is 0 Å². The molecule has 2 aliphatic rings. The number of benzene rings is 1. The van der Waals surface area contributed by atoms with Crippen LogP contribution in [0.5, 0.6) is 5.75 Å². The van der Waals surface area contributed by atoms with E-state index in [1.165, 1.54) is 0 Å². The highest BCUT2D eigenvalue weighted by molar-refractivity contribution is 6.00. The van der Waals surface area contributed by atoms with Crippen molar-refractivity contribution in [1.82, 2.24) is 14.8 Å². The number of amides is 1. The van der Waals surface area contributed by atoms with Gasteiger partial charge in [0.15, 0.2) is 6.23 Å². The van der Waals surface area contributed by atoms with Crippen molar-refractivity contribution in [1.29, 1.82) is 0 Å². The number of pyridine rings is 1. The van der Waals surface area contributed by atoms with Crippen molar-refractivity contribution >= 4 is 28.8 Å². The van der Waals surface area contributed by atoms with Crippen LogP contribution < -0.4 is 9.64 Å². The summed E-state index contributed by atoms with van der Waals surface area (Å²) >= 11 is 0. The predicted octanol–water partition coefficient (Wildman–Crippen LogP) is 3.74. The number of methoxy groups -OCH3 is 1. The third-order valence-electron chi connectivity index (χ3n) is 6.46. The average Bonchev–Trinajstić information content (AvgIpc) is 3.41. The van der Waals surface area contributed by atoms with Crippen molar-refractivity contribution in [3.63, 3.8) is 0 Å². The molecule has 1 aliphatic heterocycles. The highest BCUT2D eigenvalue weighted by Gasteiger charge is 2.36. The molecule has 3 heterocycles. The van der Waals surface area contributed by atoms with Crippen molar-refractivity contribution in [3.05, 3.63) is 47.9 Å². The van der Waals surface area contributed by atoms with Crippen LogP contribution in [-0.2, 0) is 14.3 Å². The fourth-order valence-electron chi connectivity index (χ4n) is 4.75. The number of nitrogens with zero attached hydrogens (tertiary/aromatic N) is 4. The fraction of sp³-hybridized carbons (Fsp3) is 0.417. The Balaban J connectivity index is 1.51. The molecule has 2 fully saturated rings. The maximum atomic E-state index is 12.8. The zero-order valence-electron chi connectivity index (χ0n) is 18.2. The van der Waals surface area contributed by atoms with Gasteiger partial charge in [0, 0.05) is 41.0 Å². The van der Waals surface area contributed by atoms with Gasteiger partial charge in [0.1, 0.15) is 18.6 Å². The van der Waals surface area contributed by atoms with Gasteiger partial charge in [-0.05, 0) is 50.8 Å². The van der Waals surface area contributed by atoms with E-state index in [0.717, 1.165) is 54.1 Å². The number of aldehydes is 1. The Kier molecular flexibility index (Phi) is 5.38. The zero-order valence-corrected chi connectivity index (χ0v) is 18.2. The minimum atomic E-state index is -0.538. The largest absolute Gasteiger partial charge is 0.494 e. The first-order valence-corrected chi connectivity index (χ1v) is 11.0. The number of hydrogen-bond donors (Lipinski definition) is 0. The molecule has 3 aromatic rings. The summed E-state index contributed by atoms with van der Waals surface area (Å²) in [6.07, 6.45) is 7.94. The van der Waals surface area contributed by atoms with Crippen molar-refractivity contribution < 1.29 is 19.1 Å². The molecule has 0 spiro atoms. The molecule has 1 saturated heterocycles. The Labute approximate surface area is 186 Å². The maximum Gasteiger partial charge on any atom is 0.255 e. The van der Waals surface area contributed by atoms with Crippen LogP contribution in [0.3, 0.4) is 0 Å². The molecule has 1 amide bonds. The van der Waals surface area contributed by atoms with Crippen LogP contribution in [0, 0.1) is 12.8 Å². The van der Waals surface area contributed by atoms with Gasteiger partial charge in [0.05, 0.1) is 24.4 Å². The van der Waals surface area contributed by atoms with Gasteiger partial charge in [-0.1, -0.05) is 0 Å². The van der Waals surface area contributed by atoms with Crippen LogP contribution in [-0.4, -0.2) is 40.7 Å². The van der Waals surface area contributed by atoms with E-state index in [-0.39, 0.29) is 24.5 Å². The van der Waals surface area contributed by atoms with Gasteiger partial charge in [0.25, 0.3) is 5.91 Å². The average molecular weight is 434 g/mol. The second kappa shape index (κ2) is 8.35. The summed E-state index contributed by atoms with van der Waals surface area (Å²) in [4.78, 5) is 29.8. The number of carbonyl (C=O) groups excluding carboxylic acids is 2. The number of anilines is 1. The van der Waals surface area contributed by atoms with Gasteiger partial charge in [-0.2, -0.15) is 5.10 Å². The molecule has 0 radical (unpaired) electrons. The summed E-state index contributed by atoms with van der Waals surface area (Å²) in [5, 5.41) is 5.71. The summed E-state index contributed by atoms with van der Waals surface area (Å²) in [5.74, 6) is 0.613. The SMILES string of the molecule is COc1cc2nn(C3CCC(C=O)CC3)cc2cc1N1C(=O)COC1c1ccnc(C)c1. The summed E-state index contributed by atoms with van der Waals surface area (Å²) in [6.45, 7) is 1.92. The maximum absolute atomic E-state index is 12.8. The number of aromatic nitrogens is 3. The van der Waals surface area contributed by atoms with Crippen molar-refractivity contribution in [3.8, 4) is 5.75 Å². The standard InChI is InChI=1S/C24H26N4O4/c1-15-9-17(7-8-25-15)24-28(23(30)14-32-24)21-10-18-12-27(26-20(18)11-22(21)31-2)19-5-3-16(13-29)4-6-19/h7-13,16,19,24H,3-6,14H2,1-2H3. The Morgan fingerprint density at radius 1 is 1.19 bits per heavy atom. The van der Waals surface area contributed by atoms with Gasteiger partial charge in [0.2, 0.25) is 0 Å². The number of hydrogen-bond acceptors (Lipinski definition) is 6. The lowest BCUT2D eigenvalue weighted by molar-refractivity contribution is -0.117. The molecule has 1 atom stereocenters. The van der Waals surface area contributed by atoms with Crippen LogP contribution in [0.15, 0.2) is 36.7 Å². The second-order valence-corrected chi connectivity index (χ2v) is 8.55. The molecule has 1 saturated carbocycles. The number of carbonyl (C=O) groups is 2. The minimum Gasteiger partial charge on any atom is -0.494 e. The molecule has 1 aromatic carbocycles. The Hall–Kier alpha value is -3.26. The van der Waals surface area contributed by atoms with E-state index in [0.29, 0.717) is 11.4 Å². The molecule has 166 valence electrons. The van der Waals surface area contributed by atoms with E-state index in [1.54, 1.807) is 18.2 Å². The Morgan fingerprint density at radius 2 is 2.00 bits per heavy atom. The van der Waals surface area contributed by atoms with E-state index in [9.17, 15) is 9.59 Å². The fourth-order valence-corrected chi connectivity index (χ4v) is 4.75. The van der Waals surface area contributed by atoms with E-state index in [4.69, 9.17) is 14.6 Å². The van der Waals surface area contributed by atoms with E-state index in [2.05, 4.69) is 4.98 Å². The van der Waals surface area contributed by atoms with Crippen LogP contribution in [0.25, 0.3) is 10.9 Å². The smallest absolute Gasteiger partial charge is 0.255 e. The molecule has 1 aliphatic carbocycles. The van der Waals surface area contributed by atoms with E-state index in [1.807, 2.05) is 42.1 Å². The molecule has 32 heavy (non-hydrogen) atoms. The second-order valence-electron chi connectivity index (χ2n) is 8.55. The normalized spacial score (nSPS) is 23.6. The van der Waals surface area contributed by atoms with Crippen LogP contribution in [0.4, 0.5) is 5.69 Å². The third-order valence-corrected chi connectivity index (χ3v) is 6.46. The van der Waals surface area contributed by atoms with Gasteiger partial charge >= 0.3 is 0 Å². The zero-order chi connectivity index (χ0) is 22.2. The lowest BCUT2D eigenvalue weighted by Gasteiger charge is -2.25. The molecule has 1 unspecified atom stereocenters. The summed E-state index contributed by atoms with van der Waals surface area (Å²) in [6, 6.07) is 7.88.